The van der Waals surface area contributed by atoms with E-state index in [1.165, 1.54) is 18.2 Å². The van der Waals surface area contributed by atoms with E-state index in [2.05, 4.69) is 5.32 Å². The lowest BCUT2D eigenvalue weighted by molar-refractivity contribution is 0.0912. The fraction of sp³-hybridized carbons (Fsp3) is 0.462. The molecular weight excluding hydrogens is 257 g/mol. The standard InChI is InChI=1S/C13H15ClFNO2/c14-9-4-2-5-10(15)12(9)13(18)16-11-6-1-3-8(11)7-17/h2,4-5,8,11,17H,1,3,6-7H2,(H,16,18). The highest BCUT2D eigenvalue weighted by molar-refractivity contribution is 6.33. The van der Waals surface area contributed by atoms with Crippen molar-refractivity contribution in [3.8, 4) is 0 Å². The van der Waals surface area contributed by atoms with E-state index in [1.54, 1.807) is 0 Å². The molecule has 1 aliphatic rings. The van der Waals surface area contributed by atoms with Crippen molar-refractivity contribution >= 4 is 17.5 Å². The Kier molecular flexibility index (Phi) is 4.19. The quantitative estimate of drug-likeness (QED) is 0.887. The lowest BCUT2D eigenvalue weighted by atomic mass is 10.0. The van der Waals surface area contributed by atoms with Gasteiger partial charge < -0.3 is 10.4 Å². The molecule has 0 radical (unpaired) electrons. The van der Waals surface area contributed by atoms with Gasteiger partial charge in [0.15, 0.2) is 0 Å². The van der Waals surface area contributed by atoms with Crippen LogP contribution in [0.2, 0.25) is 5.02 Å². The first kappa shape index (κ1) is 13.3. The van der Waals surface area contributed by atoms with Crippen LogP contribution in [-0.2, 0) is 0 Å². The van der Waals surface area contributed by atoms with E-state index < -0.39 is 11.7 Å². The van der Waals surface area contributed by atoms with Crippen molar-refractivity contribution < 1.29 is 14.3 Å². The Morgan fingerprint density at radius 1 is 1.50 bits per heavy atom. The van der Waals surface area contributed by atoms with Crippen molar-refractivity contribution in [2.45, 2.75) is 25.3 Å². The SMILES string of the molecule is O=C(NC1CCCC1CO)c1c(F)cccc1Cl. The Balaban J connectivity index is 2.12. The predicted octanol–water partition coefficient (Wildman–Crippen LogP) is 2.37. The molecular formula is C13H15ClFNO2. The summed E-state index contributed by atoms with van der Waals surface area (Å²) in [5.41, 5.74) is -0.122. The maximum Gasteiger partial charge on any atom is 0.256 e. The number of rotatable bonds is 3. The van der Waals surface area contributed by atoms with Crippen LogP contribution in [0.4, 0.5) is 4.39 Å². The molecule has 5 heteroatoms. The second-order valence-corrected chi connectivity index (χ2v) is 4.96. The zero-order chi connectivity index (χ0) is 13.1. The first-order chi connectivity index (χ1) is 8.63. The van der Waals surface area contributed by atoms with E-state index in [1.807, 2.05) is 0 Å². The summed E-state index contributed by atoms with van der Waals surface area (Å²) in [5.74, 6) is -1.08. The molecule has 2 atom stereocenters. The number of hydrogen-bond acceptors (Lipinski definition) is 2. The summed E-state index contributed by atoms with van der Waals surface area (Å²) in [4.78, 5) is 12.0. The minimum absolute atomic E-state index is 0.0376. The molecule has 1 aliphatic carbocycles. The van der Waals surface area contributed by atoms with Gasteiger partial charge in [0, 0.05) is 18.6 Å². The van der Waals surface area contributed by atoms with E-state index in [9.17, 15) is 14.3 Å². The Labute approximate surface area is 110 Å². The summed E-state index contributed by atoms with van der Waals surface area (Å²) in [5, 5.41) is 12.0. The van der Waals surface area contributed by atoms with Gasteiger partial charge in [-0.15, -0.1) is 0 Å². The summed E-state index contributed by atoms with van der Waals surface area (Å²) in [7, 11) is 0. The zero-order valence-corrected chi connectivity index (χ0v) is 10.6. The summed E-state index contributed by atoms with van der Waals surface area (Å²) >= 11 is 5.83. The van der Waals surface area contributed by atoms with E-state index in [0.29, 0.717) is 0 Å². The zero-order valence-electron chi connectivity index (χ0n) is 9.83. The lowest BCUT2D eigenvalue weighted by Gasteiger charge is -2.19. The van der Waals surface area contributed by atoms with E-state index >= 15 is 0 Å². The molecule has 2 N–H and O–H groups in total. The first-order valence-electron chi connectivity index (χ1n) is 5.99. The highest BCUT2D eigenvalue weighted by Gasteiger charge is 2.29. The summed E-state index contributed by atoms with van der Waals surface area (Å²) in [6.45, 7) is 0.0376. The van der Waals surface area contributed by atoms with Gasteiger partial charge in [-0.3, -0.25) is 4.79 Å². The molecule has 0 bridgehead atoms. The first-order valence-corrected chi connectivity index (χ1v) is 6.37. The molecule has 2 rings (SSSR count). The highest BCUT2D eigenvalue weighted by Crippen LogP contribution is 2.26. The van der Waals surface area contributed by atoms with Gasteiger partial charge in [-0.05, 0) is 25.0 Å². The fourth-order valence-electron chi connectivity index (χ4n) is 2.40. The number of aliphatic hydroxyl groups excluding tert-OH is 1. The van der Waals surface area contributed by atoms with Crippen molar-refractivity contribution in [1.29, 1.82) is 0 Å². The van der Waals surface area contributed by atoms with Crippen LogP contribution >= 0.6 is 11.6 Å². The second kappa shape index (κ2) is 5.67. The molecule has 2 unspecified atom stereocenters. The van der Waals surface area contributed by atoms with Crippen LogP contribution in [0.3, 0.4) is 0 Å². The molecule has 0 saturated heterocycles. The van der Waals surface area contributed by atoms with Gasteiger partial charge >= 0.3 is 0 Å². The van der Waals surface area contributed by atoms with E-state index in [0.717, 1.165) is 19.3 Å². The number of aliphatic hydroxyl groups is 1. The van der Waals surface area contributed by atoms with Gasteiger partial charge in [0.2, 0.25) is 0 Å². The molecule has 1 aromatic carbocycles. The van der Waals surface area contributed by atoms with Crippen molar-refractivity contribution in [2.75, 3.05) is 6.61 Å². The van der Waals surface area contributed by atoms with E-state index in [4.69, 9.17) is 11.6 Å². The van der Waals surface area contributed by atoms with E-state index in [-0.39, 0.29) is 29.2 Å². The van der Waals surface area contributed by atoms with Crippen LogP contribution in [0.5, 0.6) is 0 Å². The van der Waals surface area contributed by atoms with Crippen LogP contribution < -0.4 is 5.32 Å². The van der Waals surface area contributed by atoms with Gasteiger partial charge in [-0.2, -0.15) is 0 Å². The number of carbonyl (C=O) groups is 1. The summed E-state index contributed by atoms with van der Waals surface area (Å²) in [6, 6.07) is 4.05. The summed E-state index contributed by atoms with van der Waals surface area (Å²) in [6.07, 6.45) is 2.65. The Hall–Kier alpha value is -1.13. The molecule has 98 valence electrons. The number of benzene rings is 1. The van der Waals surface area contributed by atoms with Crippen LogP contribution in [0.1, 0.15) is 29.6 Å². The monoisotopic (exact) mass is 271 g/mol. The van der Waals surface area contributed by atoms with Crippen LogP contribution in [0.25, 0.3) is 0 Å². The van der Waals surface area contributed by atoms with Gasteiger partial charge in [0.05, 0.1) is 10.6 Å². The maximum absolute atomic E-state index is 13.6. The minimum atomic E-state index is -0.626. The molecule has 3 nitrogen and oxygen atoms in total. The van der Waals surface area contributed by atoms with Crippen molar-refractivity contribution in [1.82, 2.24) is 5.32 Å². The molecule has 1 saturated carbocycles. The summed E-state index contributed by atoms with van der Waals surface area (Å²) < 4.78 is 13.6. The third kappa shape index (κ3) is 2.65. The smallest absolute Gasteiger partial charge is 0.256 e. The molecule has 0 heterocycles. The molecule has 0 aromatic heterocycles. The Morgan fingerprint density at radius 2 is 2.28 bits per heavy atom. The van der Waals surface area contributed by atoms with Crippen molar-refractivity contribution in [3.05, 3.63) is 34.6 Å². The Bertz CT molecular complexity index is 432. The Morgan fingerprint density at radius 3 is 2.94 bits per heavy atom. The maximum atomic E-state index is 13.6. The molecule has 18 heavy (non-hydrogen) atoms. The third-order valence-corrected chi connectivity index (χ3v) is 3.71. The van der Waals surface area contributed by atoms with Gasteiger partial charge in [0.1, 0.15) is 5.82 Å². The van der Waals surface area contributed by atoms with Crippen LogP contribution in [0, 0.1) is 11.7 Å². The third-order valence-electron chi connectivity index (χ3n) is 3.40. The molecule has 1 amide bonds. The van der Waals surface area contributed by atoms with Crippen molar-refractivity contribution in [3.63, 3.8) is 0 Å². The van der Waals surface area contributed by atoms with Gasteiger partial charge in [-0.25, -0.2) is 4.39 Å². The number of carbonyl (C=O) groups excluding carboxylic acids is 1. The molecule has 1 fully saturated rings. The highest BCUT2D eigenvalue weighted by atomic mass is 35.5. The topological polar surface area (TPSA) is 49.3 Å². The van der Waals surface area contributed by atoms with Gasteiger partial charge in [0.25, 0.3) is 5.91 Å². The lowest BCUT2D eigenvalue weighted by Crippen LogP contribution is -2.39. The van der Waals surface area contributed by atoms with Crippen LogP contribution in [0.15, 0.2) is 18.2 Å². The average molecular weight is 272 g/mol. The number of amides is 1. The second-order valence-electron chi connectivity index (χ2n) is 4.55. The molecule has 1 aromatic rings. The fourth-order valence-corrected chi connectivity index (χ4v) is 2.65. The van der Waals surface area contributed by atoms with Gasteiger partial charge in [-0.1, -0.05) is 24.1 Å². The van der Waals surface area contributed by atoms with Crippen molar-refractivity contribution in [2.24, 2.45) is 5.92 Å². The number of halogens is 2. The average Bonchev–Trinajstić information content (AvgIpc) is 2.76. The molecule has 0 aliphatic heterocycles. The molecule has 0 spiro atoms. The number of nitrogens with one attached hydrogen (secondary N) is 1. The largest absolute Gasteiger partial charge is 0.396 e. The predicted molar refractivity (Wildman–Crippen MR) is 67.1 cm³/mol. The normalized spacial score (nSPS) is 23.1. The number of hydrogen-bond donors (Lipinski definition) is 2. The minimum Gasteiger partial charge on any atom is -0.396 e. The van der Waals surface area contributed by atoms with Crippen LogP contribution in [-0.4, -0.2) is 23.7 Å².